The molecule has 1 aliphatic heterocycles. The third kappa shape index (κ3) is 2.74. The molecule has 3 aromatic rings. The van der Waals surface area contributed by atoms with Crippen LogP contribution >= 0.6 is 11.6 Å². The average molecular weight is 339 g/mol. The van der Waals surface area contributed by atoms with E-state index in [1.165, 1.54) is 16.6 Å². The molecule has 3 nitrogen and oxygen atoms in total. The minimum atomic E-state index is 0.741. The topological polar surface area (TPSA) is 25.4 Å². The zero-order valence-corrected chi connectivity index (χ0v) is 14.4. The van der Waals surface area contributed by atoms with Gasteiger partial charge in [-0.3, -0.25) is 0 Å². The lowest BCUT2D eigenvalue weighted by atomic mass is 10.0. The van der Waals surface area contributed by atoms with Gasteiger partial charge < -0.3 is 9.64 Å². The highest BCUT2D eigenvalue weighted by molar-refractivity contribution is 6.30. The zero-order valence-electron chi connectivity index (χ0n) is 13.6. The molecule has 1 saturated heterocycles. The summed E-state index contributed by atoms with van der Waals surface area (Å²) in [6, 6.07) is 16.3. The van der Waals surface area contributed by atoms with Crippen molar-refractivity contribution in [1.82, 2.24) is 4.98 Å². The summed E-state index contributed by atoms with van der Waals surface area (Å²) in [6.07, 6.45) is 0. The van der Waals surface area contributed by atoms with Crippen LogP contribution in [0.25, 0.3) is 22.2 Å². The second kappa shape index (κ2) is 6.42. The molecule has 0 spiro atoms. The van der Waals surface area contributed by atoms with Gasteiger partial charge in [0, 0.05) is 29.1 Å². The van der Waals surface area contributed by atoms with Gasteiger partial charge in [-0.1, -0.05) is 41.9 Å². The Hall–Kier alpha value is -2.10. The van der Waals surface area contributed by atoms with Gasteiger partial charge in [-0.15, -0.1) is 0 Å². The van der Waals surface area contributed by atoms with Crippen LogP contribution in [0.2, 0.25) is 5.02 Å². The van der Waals surface area contributed by atoms with E-state index in [-0.39, 0.29) is 0 Å². The number of halogens is 1. The van der Waals surface area contributed by atoms with E-state index in [9.17, 15) is 0 Å². The van der Waals surface area contributed by atoms with Crippen molar-refractivity contribution in [3.05, 3.63) is 59.1 Å². The summed E-state index contributed by atoms with van der Waals surface area (Å²) in [5.74, 6) is 0. The van der Waals surface area contributed by atoms with Crippen molar-refractivity contribution in [2.75, 3.05) is 31.2 Å². The fraction of sp³-hybridized carbons (Fsp3) is 0.250. The molecule has 1 aromatic heterocycles. The fourth-order valence-corrected chi connectivity index (χ4v) is 3.50. The molecule has 0 atom stereocenters. The van der Waals surface area contributed by atoms with Gasteiger partial charge >= 0.3 is 0 Å². The third-order valence-electron chi connectivity index (χ3n) is 4.55. The molecule has 0 saturated carbocycles. The minimum Gasteiger partial charge on any atom is -0.378 e. The Balaban J connectivity index is 1.94. The van der Waals surface area contributed by atoms with Crippen molar-refractivity contribution in [2.24, 2.45) is 0 Å². The lowest BCUT2D eigenvalue weighted by molar-refractivity contribution is 0.123. The molecule has 0 radical (unpaired) electrons. The molecule has 0 amide bonds. The van der Waals surface area contributed by atoms with Gasteiger partial charge in [-0.2, -0.15) is 0 Å². The van der Waals surface area contributed by atoms with E-state index in [0.717, 1.165) is 48.1 Å². The van der Waals surface area contributed by atoms with Crippen molar-refractivity contribution >= 4 is 28.2 Å². The molecule has 2 aromatic carbocycles. The number of rotatable bonds is 2. The molecule has 0 N–H and O–H groups in total. The largest absolute Gasteiger partial charge is 0.378 e. The molecule has 4 heteroatoms. The number of morpholine rings is 1. The maximum Gasteiger partial charge on any atom is 0.0759 e. The molecule has 0 unspecified atom stereocenters. The number of anilines is 1. The van der Waals surface area contributed by atoms with E-state index in [1.807, 2.05) is 30.3 Å². The number of nitrogens with zero attached hydrogens (tertiary/aromatic N) is 2. The number of hydrogen-bond donors (Lipinski definition) is 0. The van der Waals surface area contributed by atoms with Crippen LogP contribution in [-0.2, 0) is 4.74 Å². The summed E-state index contributed by atoms with van der Waals surface area (Å²) in [5.41, 5.74) is 5.62. The van der Waals surface area contributed by atoms with Crippen LogP contribution in [0.15, 0.2) is 48.5 Å². The molecule has 122 valence electrons. The quantitative estimate of drug-likeness (QED) is 0.677. The van der Waals surface area contributed by atoms with Crippen LogP contribution in [0.4, 0.5) is 5.69 Å². The van der Waals surface area contributed by atoms with Crippen molar-refractivity contribution in [1.29, 1.82) is 0 Å². The van der Waals surface area contributed by atoms with E-state index in [2.05, 4.69) is 30.0 Å². The molecule has 0 aliphatic carbocycles. The Labute approximate surface area is 146 Å². The predicted molar refractivity (Wildman–Crippen MR) is 100.0 cm³/mol. The Morgan fingerprint density at radius 2 is 1.71 bits per heavy atom. The summed E-state index contributed by atoms with van der Waals surface area (Å²) >= 11 is 6.04. The SMILES string of the molecule is Cc1c(-c2ccc(Cl)cc2)nc2ccccc2c1N1CCOCC1. The van der Waals surface area contributed by atoms with Crippen molar-refractivity contribution < 1.29 is 4.74 Å². The van der Waals surface area contributed by atoms with Crippen molar-refractivity contribution in [3.8, 4) is 11.3 Å². The zero-order chi connectivity index (χ0) is 16.5. The summed E-state index contributed by atoms with van der Waals surface area (Å²) in [7, 11) is 0. The lowest BCUT2D eigenvalue weighted by Gasteiger charge is -2.31. The molecule has 24 heavy (non-hydrogen) atoms. The highest BCUT2D eigenvalue weighted by atomic mass is 35.5. The predicted octanol–water partition coefficient (Wildman–Crippen LogP) is 4.70. The molecule has 1 fully saturated rings. The molecular formula is C20H19ClN2O. The van der Waals surface area contributed by atoms with Gasteiger partial charge in [-0.25, -0.2) is 4.98 Å². The second-order valence-corrected chi connectivity index (χ2v) is 6.49. The van der Waals surface area contributed by atoms with E-state index >= 15 is 0 Å². The fourth-order valence-electron chi connectivity index (χ4n) is 3.37. The van der Waals surface area contributed by atoms with Crippen LogP contribution in [0.3, 0.4) is 0 Å². The van der Waals surface area contributed by atoms with Crippen LogP contribution in [0.5, 0.6) is 0 Å². The molecule has 4 rings (SSSR count). The Bertz CT molecular complexity index is 871. The van der Waals surface area contributed by atoms with Gasteiger partial charge in [0.15, 0.2) is 0 Å². The van der Waals surface area contributed by atoms with Crippen molar-refractivity contribution in [3.63, 3.8) is 0 Å². The van der Waals surface area contributed by atoms with Crippen LogP contribution in [-0.4, -0.2) is 31.3 Å². The van der Waals surface area contributed by atoms with Crippen LogP contribution < -0.4 is 4.90 Å². The Morgan fingerprint density at radius 3 is 2.46 bits per heavy atom. The maximum atomic E-state index is 6.04. The minimum absolute atomic E-state index is 0.741. The first-order valence-electron chi connectivity index (χ1n) is 8.22. The highest BCUT2D eigenvalue weighted by Crippen LogP contribution is 2.36. The van der Waals surface area contributed by atoms with Gasteiger partial charge in [-0.05, 0) is 30.7 Å². The van der Waals surface area contributed by atoms with Gasteiger partial charge in [0.05, 0.1) is 30.1 Å². The average Bonchev–Trinajstić information content (AvgIpc) is 2.63. The monoisotopic (exact) mass is 338 g/mol. The van der Waals surface area contributed by atoms with Crippen molar-refractivity contribution in [2.45, 2.75) is 6.92 Å². The maximum absolute atomic E-state index is 6.04. The normalized spacial score (nSPS) is 15.0. The first kappa shape index (κ1) is 15.4. The van der Waals surface area contributed by atoms with Crippen LogP contribution in [0.1, 0.15) is 5.56 Å². The summed E-state index contributed by atoms with van der Waals surface area (Å²) in [6.45, 7) is 5.52. The standard InChI is InChI=1S/C20H19ClN2O/c1-14-19(15-6-8-16(21)9-7-15)22-18-5-3-2-4-17(18)20(14)23-10-12-24-13-11-23/h2-9H,10-13H2,1H3. The second-order valence-electron chi connectivity index (χ2n) is 6.06. The Kier molecular flexibility index (Phi) is 4.13. The summed E-state index contributed by atoms with van der Waals surface area (Å²) in [5, 5.41) is 1.94. The van der Waals surface area contributed by atoms with E-state index in [1.54, 1.807) is 0 Å². The number of hydrogen-bond acceptors (Lipinski definition) is 3. The third-order valence-corrected chi connectivity index (χ3v) is 4.80. The molecular weight excluding hydrogens is 320 g/mol. The van der Waals surface area contributed by atoms with Gasteiger partial charge in [0.25, 0.3) is 0 Å². The molecule has 0 bridgehead atoms. The Morgan fingerprint density at radius 1 is 1.00 bits per heavy atom. The number of ether oxygens (including phenoxy) is 1. The van der Waals surface area contributed by atoms with Crippen LogP contribution in [0, 0.1) is 6.92 Å². The number of pyridine rings is 1. The molecule has 2 heterocycles. The van der Waals surface area contributed by atoms with Gasteiger partial charge in [0.1, 0.15) is 0 Å². The summed E-state index contributed by atoms with van der Waals surface area (Å²) in [4.78, 5) is 7.35. The number of fused-ring (bicyclic) bond motifs is 1. The number of para-hydroxylation sites is 1. The van der Waals surface area contributed by atoms with E-state index in [0.29, 0.717) is 0 Å². The number of benzene rings is 2. The first-order chi connectivity index (χ1) is 11.7. The molecule has 1 aliphatic rings. The van der Waals surface area contributed by atoms with Gasteiger partial charge in [0.2, 0.25) is 0 Å². The first-order valence-corrected chi connectivity index (χ1v) is 8.60. The summed E-state index contributed by atoms with van der Waals surface area (Å²) < 4.78 is 5.53. The number of aromatic nitrogens is 1. The van der Waals surface area contributed by atoms with E-state index in [4.69, 9.17) is 21.3 Å². The lowest BCUT2D eigenvalue weighted by Crippen LogP contribution is -2.36. The smallest absolute Gasteiger partial charge is 0.0759 e. The van der Waals surface area contributed by atoms with E-state index < -0.39 is 0 Å². The highest BCUT2D eigenvalue weighted by Gasteiger charge is 2.20.